The predicted octanol–water partition coefficient (Wildman–Crippen LogP) is 2.73. The molecule has 0 fully saturated rings. The lowest BCUT2D eigenvalue weighted by molar-refractivity contribution is 0.149. The van der Waals surface area contributed by atoms with Crippen LogP contribution in [0, 0.1) is 0 Å². The Balaban J connectivity index is 2.45. The largest absolute Gasteiger partial charge is 0.519 e. The molecule has 0 aliphatic carbocycles. The van der Waals surface area contributed by atoms with E-state index in [-0.39, 0.29) is 0 Å². The molecular weight excluding hydrogens is 180 g/mol. The molecule has 1 heterocycles. The van der Waals surface area contributed by atoms with Gasteiger partial charge in [0.05, 0.1) is 5.39 Å². The minimum Gasteiger partial charge on any atom is -0.394 e. The summed E-state index contributed by atoms with van der Waals surface area (Å²) in [4.78, 5) is 11.0. The molecule has 3 nitrogen and oxygen atoms in total. The van der Waals surface area contributed by atoms with E-state index >= 15 is 0 Å². The number of carbonyl (C=O) groups excluding carboxylic acids is 1. The molecular formula is C11H6O3. The van der Waals surface area contributed by atoms with E-state index in [0.717, 1.165) is 10.8 Å². The third kappa shape index (κ3) is 0.893. The second-order valence-electron chi connectivity index (χ2n) is 3.06. The fourth-order valence-corrected chi connectivity index (χ4v) is 1.64. The Morgan fingerprint density at radius 2 is 1.43 bits per heavy atom. The molecule has 68 valence electrons. The Morgan fingerprint density at radius 3 is 2.00 bits per heavy atom. The van der Waals surface area contributed by atoms with Gasteiger partial charge in [-0.3, -0.25) is 0 Å². The lowest BCUT2D eigenvalue weighted by Gasteiger charge is -2.15. The number of ether oxygens (including phenoxy) is 2. The maximum Gasteiger partial charge on any atom is 0.519 e. The first-order valence-corrected chi connectivity index (χ1v) is 4.26. The van der Waals surface area contributed by atoms with E-state index in [1.807, 2.05) is 24.3 Å². The molecule has 0 N–H and O–H groups in total. The molecule has 0 spiro atoms. The average molecular weight is 186 g/mol. The van der Waals surface area contributed by atoms with Crippen LogP contribution in [-0.4, -0.2) is 6.16 Å². The van der Waals surface area contributed by atoms with E-state index in [2.05, 4.69) is 0 Å². The first-order valence-electron chi connectivity index (χ1n) is 4.26. The molecule has 0 bridgehead atoms. The van der Waals surface area contributed by atoms with Crippen molar-refractivity contribution in [2.45, 2.75) is 0 Å². The molecule has 0 radical (unpaired) electrons. The van der Waals surface area contributed by atoms with Crippen molar-refractivity contribution in [3.63, 3.8) is 0 Å². The van der Waals surface area contributed by atoms with Gasteiger partial charge in [-0.05, 0) is 17.5 Å². The van der Waals surface area contributed by atoms with E-state index in [4.69, 9.17) is 9.47 Å². The van der Waals surface area contributed by atoms with Crippen molar-refractivity contribution in [3.8, 4) is 11.5 Å². The zero-order valence-corrected chi connectivity index (χ0v) is 7.19. The lowest BCUT2D eigenvalue weighted by Crippen LogP contribution is -2.17. The van der Waals surface area contributed by atoms with Gasteiger partial charge in [-0.1, -0.05) is 24.3 Å². The van der Waals surface area contributed by atoms with Crippen molar-refractivity contribution in [1.29, 1.82) is 0 Å². The standard InChI is InChI=1S/C11H6O3/c12-11-13-8-5-1-3-7-4-2-6-9(14-11)10(7)8/h1-6H. The second kappa shape index (κ2) is 2.48. The summed E-state index contributed by atoms with van der Waals surface area (Å²) in [6.45, 7) is 0. The number of hydrogen-bond donors (Lipinski definition) is 0. The Labute approximate surface area is 79.9 Å². The van der Waals surface area contributed by atoms with Gasteiger partial charge in [0.25, 0.3) is 0 Å². The van der Waals surface area contributed by atoms with Crippen LogP contribution in [0.2, 0.25) is 0 Å². The first-order chi connectivity index (χ1) is 6.84. The van der Waals surface area contributed by atoms with Crippen LogP contribution in [0.15, 0.2) is 36.4 Å². The molecule has 3 heteroatoms. The van der Waals surface area contributed by atoms with Crippen molar-refractivity contribution in [2.24, 2.45) is 0 Å². The molecule has 0 unspecified atom stereocenters. The van der Waals surface area contributed by atoms with Gasteiger partial charge in [0.2, 0.25) is 0 Å². The van der Waals surface area contributed by atoms with Crippen molar-refractivity contribution < 1.29 is 14.3 Å². The van der Waals surface area contributed by atoms with Crippen LogP contribution < -0.4 is 9.47 Å². The highest BCUT2D eigenvalue weighted by Crippen LogP contribution is 2.36. The van der Waals surface area contributed by atoms with E-state index in [1.54, 1.807) is 12.1 Å². The van der Waals surface area contributed by atoms with Gasteiger partial charge in [0.1, 0.15) is 11.5 Å². The topological polar surface area (TPSA) is 35.5 Å². The summed E-state index contributed by atoms with van der Waals surface area (Å²) in [5.74, 6) is 1.13. The fraction of sp³-hybridized carbons (Fsp3) is 0. The molecule has 0 saturated carbocycles. The van der Waals surface area contributed by atoms with Crippen LogP contribution in [-0.2, 0) is 0 Å². The third-order valence-electron chi connectivity index (χ3n) is 2.21. The molecule has 14 heavy (non-hydrogen) atoms. The summed E-state index contributed by atoms with van der Waals surface area (Å²) in [5.41, 5.74) is 0. The van der Waals surface area contributed by atoms with E-state index < -0.39 is 6.16 Å². The van der Waals surface area contributed by atoms with Crippen molar-refractivity contribution in [3.05, 3.63) is 36.4 Å². The summed E-state index contributed by atoms with van der Waals surface area (Å²) in [6, 6.07) is 11.1. The highest BCUT2D eigenvalue weighted by molar-refractivity contribution is 5.98. The van der Waals surface area contributed by atoms with Gasteiger partial charge in [-0.25, -0.2) is 4.79 Å². The third-order valence-corrected chi connectivity index (χ3v) is 2.21. The number of hydrogen-bond acceptors (Lipinski definition) is 3. The molecule has 0 atom stereocenters. The minimum absolute atomic E-state index is 0.564. The van der Waals surface area contributed by atoms with Crippen LogP contribution in [0.25, 0.3) is 10.8 Å². The number of carbonyl (C=O) groups is 1. The smallest absolute Gasteiger partial charge is 0.394 e. The van der Waals surface area contributed by atoms with Gasteiger partial charge >= 0.3 is 6.16 Å². The lowest BCUT2D eigenvalue weighted by atomic mass is 10.1. The minimum atomic E-state index is -0.670. The van der Waals surface area contributed by atoms with Gasteiger partial charge in [-0.15, -0.1) is 0 Å². The fourth-order valence-electron chi connectivity index (χ4n) is 1.64. The van der Waals surface area contributed by atoms with E-state index in [1.165, 1.54) is 0 Å². The molecule has 0 saturated heterocycles. The zero-order chi connectivity index (χ0) is 9.54. The van der Waals surface area contributed by atoms with Crippen molar-refractivity contribution in [2.75, 3.05) is 0 Å². The molecule has 2 aromatic rings. The molecule has 1 aliphatic heterocycles. The number of rotatable bonds is 0. The Bertz CT molecular complexity index is 488. The Morgan fingerprint density at radius 1 is 0.857 bits per heavy atom. The van der Waals surface area contributed by atoms with Gasteiger partial charge in [0, 0.05) is 0 Å². The normalized spacial score (nSPS) is 13.6. The highest BCUT2D eigenvalue weighted by Gasteiger charge is 2.20. The maximum atomic E-state index is 11.0. The Hall–Kier alpha value is -2.03. The average Bonchev–Trinajstić information content (AvgIpc) is 2.18. The molecule has 2 aromatic carbocycles. The second-order valence-corrected chi connectivity index (χ2v) is 3.06. The molecule has 0 amide bonds. The summed E-state index contributed by atoms with van der Waals surface area (Å²) >= 11 is 0. The Kier molecular flexibility index (Phi) is 1.31. The van der Waals surface area contributed by atoms with Crippen molar-refractivity contribution >= 4 is 16.9 Å². The van der Waals surface area contributed by atoms with Crippen LogP contribution in [0.1, 0.15) is 0 Å². The zero-order valence-electron chi connectivity index (χ0n) is 7.19. The van der Waals surface area contributed by atoms with E-state index in [9.17, 15) is 4.79 Å². The summed E-state index contributed by atoms with van der Waals surface area (Å²) in [7, 11) is 0. The summed E-state index contributed by atoms with van der Waals surface area (Å²) < 4.78 is 9.89. The van der Waals surface area contributed by atoms with Crippen LogP contribution in [0.5, 0.6) is 11.5 Å². The van der Waals surface area contributed by atoms with Gasteiger partial charge in [-0.2, -0.15) is 0 Å². The van der Waals surface area contributed by atoms with Crippen molar-refractivity contribution in [1.82, 2.24) is 0 Å². The first kappa shape index (κ1) is 7.38. The predicted molar refractivity (Wildman–Crippen MR) is 50.6 cm³/mol. The number of benzene rings is 2. The van der Waals surface area contributed by atoms with Crippen LogP contribution in [0.4, 0.5) is 4.79 Å². The van der Waals surface area contributed by atoms with Crippen LogP contribution >= 0.6 is 0 Å². The highest BCUT2D eigenvalue weighted by atomic mass is 16.7. The summed E-state index contributed by atoms with van der Waals surface area (Å²) in [5, 5.41) is 1.86. The molecule has 1 aliphatic rings. The van der Waals surface area contributed by atoms with E-state index in [0.29, 0.717) is 11.5 Å². The maximum absolute atomic E-state index is 11.0. The molecule has 3 rings (SSSR count). The molecule has 0 aromatic heterocycles. The van der Waals surface area contributed by atoms with Gasteiger partial charge in [0.15, 0.2) is 0 Å². The van der Waals surface area contributed by atoms with Crippen LogP contribution in [0.3, 0.4) is 0 Å². The van der Waals surface area contributed by atoms with Gasteiger partial charge < -0.3 is 9.47 Å². The quantitative estimate of drug-likeness (QED) is 0.468. The SMILES string of the molecule is O=C1Oc2cccc3cccc(c23)O1. The monoisotopic (exact) mass is 186 g/mol. The summed E-state index contributed by atoms with van der Waals surface area (Å²) in [6.07, 6.45) is -0.670.